The summed E-state index contributed by atoms with van der Waals surface area (Å²) in [6, 6.07) is 7.97. The van der Waals surface area contributed by atoms with Gasteiger partial charge in [0.25, 0.3) is 0 Å². The number of nitrogens with zero attached hydrogens (tertiary/aromatic N) is 2. The van der Waals surface area contributed by atoms with Crippen LogP contribution in [0, 0.1) is 6.92 Å². The van der Waals surface area contributed by atoms with Crippen molar-refractivity contribution in [2.45, 2.75) is 37.8 Å². The first kappa shape index (κ1) is 15.4. The molecule has 2 aromatic rings. The molecule has 3 nitrogen and oxygen atoms in total. The normalized spacial score (nSPS) is 12.7. The number of hydrogen-bond donors (Lipinski definition) is 1. The lowest BCUT2D eigenvalue weighted by Crippen LogP contribution is -2.08. The van der Waals surface area contributed by atoms with Crippen LogP contribution in [-0.4, -0.2) is 21.1 Å². The summed E-state index contributed by atoms with van der Waals surface area (Å²) in [7, 11) is 0. The van der Waals surface area contributed by atoms with Gasteiger partial charge in [-0.1, -0.05) is 23.7 Å². The number of aliphatic hydroxyl groups is 1. The number of aromatic nitrogens is 2. The van der Waals surface area contributed by atoms with Crippen molar-refractivity contribution in [1.29, 1.82) is 0 Å². The van der Waals surface area contributed by atoms with Crippen molar-refractivity contribution in [2.24, 2.45) is 0 Å². The molecule has 2 rings (SSSR count). The first-order chi connectivity index (χ1) is 9.56. The molecule has 5 heteroatoms. The molecule has 0 aliphatic heterocycles. The molecule has 1 unspecified atom stereocenters. The van der Waals surface area contributed by atoms with Crippen LogP contribution in [0.1, 0.15) is 30.0 Å². The number of aryl methyl sites for hydroxylation is 2. The Morgan fingerprint density at radius 2 is 2.00 bits per heavy atom. The van der Waals surface area contributed by atoms with Gasteiger partial charge in [0.15, 0.2) is 0 Å². The summed E-state index contributed by atoms with van der Waals surface area (Å²) in [5, 5.41) is 15.4. The molecular formula is C15H19ClN2OS. The predicted molar refractivity (Wildman–Crippen MR) is 84.5 cm³/mol. The van der Waals surface area contributed by atoms with Crippen LogP contribution in [0.2, 0.25) is 5.02 Å². The van der Waals surface area contributed by atoms with Gasteiger partial charge in [-0.25, -0.2) is 0 Å². The van der Waals surface area contributed by atoms with Crippen LogP contribution < -0.4 is 0 Å². The number of aliphatic hydroxyl groups excluding tert-OH is 1. The Morgan fingerprint density at radius 1 is 1.35 bits per heavy atom. The van der Waals surface area contributed by atoms with Crippen LogP contribution in [-0.2, 0) is 13.0 Å². The maximum atomic E-state index is 10.4. The van der Waals surface area contributed by atoms with E-state index in [0.717, 1.165) is 23.5 Å². The van der Waals surface area contributed by atoms with Crippen LogP contribution in [0.3, 0.4) is 0 Å². The van der Waals surface area contributed by atoms with Gasteiger partial charge in [-0.15, -0.1) is 11.8 Å². The fraction of sp³-hybridized carbons (Fsp3) is 0.400. The van der Waals surface area contributed by atoms with Crippen LogP contribution in [0.25, 0.3) is 0 Å². The maximum Gasteiger partial charge on any atom is 0.0848 e. The minimum Gasteiger partial charge on any atom is -0.388 e. The Kier molecular flexibility index (Phi) is 5.13. The Balaban J connectivity index is 2.20. The van der Waals surface area contributed by atoms with E-state index in [1.165, 1.54) is 4.90 Å². The largest absolute Gasteiger partial charge is 0.388 e. The molecule has 0 radical (unpaired) electrons. The van der Waals surface area contributed by atoms with Crippen LogP contribution >= 0.6 is 23.4 Å². The van der Waals surface area contributed by atoms with E-state index in [-0.39, 0.29) is 0 Å². The molecule has 0 saturated heterocycles. The van der Waals surface area contributed by atoms with Gasteiger partial charge in [0.05, 0.1) is 22.5 Å². The zero-order valence-corrected chi connectivity index (χ0v) is 13.5. The second-order valence-corrected chi connectivity index (χ2v) is 5.91. The van der Waals surface area contributed by atoms with Gasteiger partial charge >= 0.3 is 0 Å². The highest BCUT2D eigenvalue weighted by Gasteiger charge is 2.17. The Labute approximate surface area is 129 Å². The molecule has 0 saturated carbocycles. The standard InChI is InChI=1S/C15H19ClN2OS/c1-4-18-13(15(16)10(2)17-18)9-14(19)11-5-7-12(20-3)8-6-11/h5-8,14,19H,4,9H2,1-3H3. The molecule has 108 valence electrons. The zero-order valence-electron chi connectivity index (χ0n) is 11.9. The molecule has 0 aliphatic rings. The number of halogens is 1. The highest BCUT2D eigenvalue weighted by atomic mass is 35.5. The average Bonchev–Trinajstić information content (AvgIpc) is 2.75. The van der Waals surface area contributed by atoms with Gasteiger partial charge in [-0.3, -0.25) is 4.68 Å². The second kappa shape index (κ2) is 6.66. The third kappa shape index (κ3) is 3.19. The van der Waals surface area contributed by atoms with Crippen LogP contribution in [0.15, 0.2) is 29.2 Å². The Morgan fingerprint density at radius 3 is 2.55 bits per heavy atom. The summed E-state index contributed by atoms with van der Waals surface area (Å²) in [6.45, 7) is 4.66. The van der Waals surface area contributed by atoms with Crippen LogP contribution in [0.5, 0.6) is 0 Å². The predicted octanol–water partition coefficient (Wildman–Crippen LogP) is 3.86. The van der Waals surface area contributed by atoms with Crippen molar-refractivity contribution in [3.63, 3.8) is 0 Å². The van der Waals surface area contributed by atoms with E-state index in [1.54, 1.807) is 11.8 Å². The van der Waals surface area contributed by atoms with E-state index in [0.29, 0.717) is 11.4 Å². The molecule has 1 N–H and O–H groups in total. The van der Waals surface area contributed by atoms with Gasteiger partial charge in [0.2, 0.25) is 0 Å². The van der Waals surface area contributed by atoms with E-state index in [9.17, 15) is 5.11 Å². The molecule has 0 spiro atoms. The number of benzene rings is 1. The van der Waals surface area contributed by atoms with E-state index in [2.05, 4.69) is 5.10 Å². The molecule has 1 atom stereocenters. The summed E-state index contributed by atoms with van der Waals surface area (Å²) in [4.78, 5) is 1.19. The Hall–Kier alpha value is -0.970. The lowest BCUT2D eigenvalue weighted by Gasteiger charge is -2.13. The highest BCUT2D eigenvalue weighted by molar-refractivity contribution is 7.98. The minimum atomic E-state index is -0.565. The molecule has 1 aromatic carbocycles. The molecular weight excluding hydrogens is 292 g/mol. The monoisotopic (exact) mass is 310 g/mol. The topological polar surface area (TPSA) is 38.0 Å². The first-order valence-electron chi connectivity index (χ1n) is 6.60. The molecule has 1 aromatic heterocycles. The SMILES string of the molecule is CCn1nc(C)c(Cl)c1CC(O)c1ccc(SC)cc1. The van der Waals surface area contributed by atoms with Gasteiger partial charge in [0, 0.05) is 17.9 Å². The van der Waals surface area contributed by atoms with Gasteiger partial charge in [0.1, 0.15) is 0 Å². The molecule has 20 heavy (non-hydrogen) atoms. The van der Waals surface area contributed by atoms with Crippen molar-refractivity contribution in [3.8, 4) is 0 Å². The number of thioether (sulfide) groups is 1. The molecule has 0 fully saturated rings. The summed E-state index contributed by atoms with van der Waals surface area (Å²) in [6.07, 6.45) is 1.95. The van der Waals surface area contributed by atoms with Gasteiger partial charge in [-0.05, 0) is 37.8 Å². The second-order valence-electron chi connectivity index (χ2n) is 4.65. The van der Waals surface area contributed by atoms with E-state index in [4.69, 9.17) is 11.6 Å². The summed E-state index contributed by atoms with van der Waals surface area (Å²) in [5.41, 5.74) is 2.61. The summed E-state index contributed by atoms with van der Waals surface area (Å²) >= 11 is 7.96. The number of hydrogen-bond acceptors (Lipinski definition) is 3. The van der Waals surface area contributed by atoms with Gasteiger partial charge in [-0.2, -0.15) is 5.10 Å². The Bertz CT molecular complexity index is 580. The lowest BCUT2D eigenvalue weighted by molar-refractivity contribution is 0.175. The highest BCUT2D eigenvalue weighted by Crippen LogP contribution is 2.27. The van der Waals surface area contributed by atoms with Crippen molar-refractivity contribution in [2.75, 3.05) is 6.26 Å². The van der Waals surface area contributed by atoms with E-state index < -0.39 is 6.10 Å². The maximum absolute atomic E-state index is 10.4. The quantitative estimate of drug-likeness (QED) is 0.852. The fourth-order valence-corrected chi connectivity index (χ4v) is 2.81. The lowest BCUT2D eigenvalue weighted by atomic mass is 10.0. The van der Waals surface area contributed by atoms with E-state index in [1.807, 2.05) is 49.1 Å². The first-order valence-corrected chi connectivity index (χ1v) is 8.20. The smallest absolute Gasteiger partial charge is 0.0848 e. The van der Waals surface area contributed by atoms with Crippen LogP contribution in [0.4, 0.5) is 0 Å². The third-order valence-corrected chi connectivity index (χ3v) is 4.58. The van der Waals surface area contributed by atoms with Crippen molar-refractivity contribution in [1.82, 2.24) is 9.78 Å². The van der Waals surface area contributed by atoms with Gasteiger partial charge < -0.3 is 5.11 Å². The summed E-state index contributed by atoms with van der Waals surface area (Å²) in [5.74, 6) is 0. The summed E-state index contributed by atoms with van der Waals surface area (Å²) < 4.78 is 1.86. The zero-order chi connectivity index (χ0) is 14.7. The molecule has 0 bridgehead atoms. The molecule has 1 heterocycles. The average molecular weight is 311 g/mol. The third-order valence-electron chi connectivity index (χ3n) is 3.34. The molecule has 0 amide bonds. The van der Waals surface area contributed by atoms with E-state index >= 15 is 0 Å². The number of rotatable bonds is 5. The van der Waals surface area contributed by atoms with Crippen molar-refractivity contribution in [3.05, 3.63) is 46.2 Å². The molecule has 0 aliphatic carbocycles. The van der Waals surface area contributed by atoms with Crippen molar-refractivity contribution >= 4 is 23.4 Å². The minimum absolute atomic E-state index is 0.478. The fourth-order valence-electron chi connectivity index (χ4n) is 2.19. The van der Waals surface area contributed by atoms with Crippen molar-refractivity contribution < 1.29 is 5.11 Å².